The summed E-state index contributed by atoms with van der Waals surface area (Å²) in [7, 11) is 0. The third-order valence-electron chi connectivity index (χ3n) is 4.14. The normalized spacial score (nSPS) is 13.7. The molecule has 0 bridgehead atoms. The summed E-state index contributed by atoms with van der Waals surface area (Å²) in [5.74, 6) is 4.45. The molecule has 0 heterocycles. The lowest BCUT2D eigenvalue weighted by molar-refractivity contribution is 0.0579. The van der Waals surface area contributed by atoms with Gasteiger partial charge < -0.3 is 5.11 Å². The summed E-state index contributed by atoms with van der Waals surface area (Å²) in [5, 5.41) is 9.19. The Bertz CT molecular complexity index is 256. The van der Waals surface area contributed by atoms with Crippen LogP contribution in [-0.4, -0.2) is 10.7 Å². The van der Waals surface area contributed by atoms with Crippen molar-refractivity contribution < 1.29 is 5.11 Å². The van der Waals surface area contributed by atoms with Gasteiger partial charge in [0.05, 0.1) is 5.60 Å². The molecule has 1 heteroatoms. The van der Waals surface area contributed by atoms with Crippen LogP contribution in [0.1, 0.15) is 134 Å². The van der Waals surface area contributed by atoms with E-state index >= 15 is 0 Å². The molecule has 0 amide bonds. The number of hydrogen-bond donors (Lipinski definition) is 1. The third kappa shape index (κ3) is 46.2. The summed E-state index contributed by atoms with van der Waals surface area (Å²) in [5.41, 5.74) is -0.478. The van der Waals surface area contributed by atoms with Crippen LogP contribution in [0, 0.1) is 29.6 Å². The second-order valence-corrected chi connectivity index (χ2v) is 10.8. The summed E-state index contributed by atoms with van der Waals surface area (Å²) < 4.78 is 0. The highest BCUT2D eigenvalue weighted by Gasteiger charge is 2.21. The SMILES string of the molecule is CC(C)CC(C)(C)O.CC(C)CC1CC1.CCCC(C)C.CCCC(C)C. The van der Waals surface area contributed by atoms with Crippen molar-refractivity contribution in [3.8, 4) is 0 Å². The molecule has 27 heavy (non-hydrogen) atoms. The van der Waals surface area contributed by atoms with Gasteiger partial charge in [0.1, 0.15) is 0 Å². The summed E-state index contributed by atoms with van der Waals surface area (Å²) in [4.78, 5) is 0. The van der Waals surface area contributed by atoms with Gasteiger partial charge in [-0.15, -0.1) is 0 Å². The van der Waals surface area contributed by atoms with Gasteiger partial charge in [-0.05, 0) is 56.3 Å². The fraction of sp³-hybridized carbons (Fsp3) is 1.00. The van der Waals surface area contributed by atoms with Gasteiger partial charge in [0.15, 0.2) is 0 Å². The lowest BCUT2D eigenvalue weighted by atomic mass is 9.97. The Kier molecular flexibility index (Phi) is 22.6. The van der Waals surface area contributed by atoms with Gasteiger partial charge in [-0.25, -0.2) is 0 Å². The average Bonchev–Trinajstić information content (AvgIpc) is 3.20. The minimum absolute atomic E-state index is 0.478. The summed E-state index contributed by atoms with van der Waals surface area (Å²) in [6.07, 6.45) is 10.8. The zero-order valence-corrected chi connectivity index (χ0v) is 21.5. The highest BCUT2D eigenvalue weighted by atomic mass is 16.3. The molecular formula is C26H58O. The monoisotopic (exact) mass is 386 g/mol. The number of rotatable bonds is 8. The van der Waals surface area contributed by atoms with Crippen LogP contribution in [0.5, 0.6) is 0 Å². The Hall–Kier alpha value is -0.0400. The van der Waals surface area contributed by atoms with E-state index in [9.17, 15) is 5.11 Å². The summed E-state index contributed by atoms with van der Waals surface area (Å²) in [6.45, 7) is 26.0. The van der Waals surface area contributed by atoms with Crippen molar-refractivity contribution in [2.24, 2.45) is 29.6 Å². The lowest BCUT2D eigenvalue weighted by Crippen LogP contribution is -2.20. The molecule has 0 unspecified atom stereocenters. The molecule has 1 N–H and O–H groups in total. The Balaban J connectivity index is -0.000000287. The van der Waals surface area contributed by atoms with Crippen molar-refractivity contribution in [1.29, 1.82) is 0 Å². The highest BCUT2D eigenvalue weighted by molar-refractivity contribution is 4.73. The largest absolute Gasteiger partial charge is 0.390 e. The van der Waals surface area contributed by atoms with Crippen molar-refractivity contribution in [2.45, 2.75) is 140 Å². The standard InChI is InChI=1S/C7H16O.C7H14.2C6H14/c1-6(2)5-7(3,4)8;1-6(2)5-7-3-4-7;2*1-4-5-6(2)3/h6,8H,5H2,1-4H3;6-7H,3-5H2,1-2H3;2*6H,4-5H2,1-3H3. The zero-order valence-electron chi connectivity index (χ0n) is 21.5. The van der Waals surface area contributed by atoms with Crippen LogP contribution >= 0.6 is 0 Å². The van der Waals surface area contributed by atoms with E-state index in [1.165, 1.54) is 44.9 Å². The Labute approximate surface area is 175 Å². The molecule has 1 saturated carbocycles. The fourth-order valence-electron chi connectivity index (χ4n) is 3.17. The molecular weight excluding hydrogens is 328 g/mol. The summed E-state index contributed by atoms with van der Waals surface area (Å²) >= 11 is 0. The minimum Gasteiger partial charge on any atom is -0.390 e. The fourth-order valence-corrected chi connectivity index (χ4v) is 3.17. The van der Waals surface area contributed by atoms with Gasteiger partial charge in [-0.1, -0.05) is 108 Å². The van der Waals surface area contributed by atoms with Crippen LogP contribution in [0.3, 0.4) is 0 Å². The first-order valence-corrected chi connectivity index (χ1v) is 12.0. The van der Waals surface area contributed by atoms with E-state index in [1.54, 1.807) is 0 Å². The van der Waals surface area contributed by atoms with Gasteiger partial charge in [0.2, 0.25) is 0 Å². The van der Waals surface area contributed by atoms with Crippen LogP contribution in [0.25, 0.3) is 0 Å². The molecule has 0 atom stereocenters. The molecule has 1 rings (SSSR count). The third-order valence-corrected chi connectivity index (χ3v) is 4.14. The molecule has 0 aliphatic heterocycles. The Morgan fingerprint density at radius 1 is 0.704 bits per heavy atom. The molecule has 1 aliphatic carbocycles. The van der Waals surface area contributed by atoms with Gasteiger partial charge in [-0.2, -0.15) is 0 Å². The Morgan fingerprint density at radius 2 is 1.07 bits per heavy atom. The van der Waals surface area contributed by atoms with Gasteiger partial charge in [0.25, 0.3) is 0 Å². The first-order valence-electron chi connectivity index (χ1n) is 12.0. The Morgan fingerprint density at radius 3 is 1.11 bits per heavy atom. The predicted molar refractivity (Wildman–Crippen MR) is 127 cm³/mol. The molecule has 1 aliphatic rings. The van der Waals surface area contributed by atoms with E-state index in [0.29, 0.717) is 5.92 Å². The smallest absolute Gasteiger partial charge is 0.0594 e. The van der Waals surface area contributed by atoms with E-state index in [4.69, 9.17) is 0 Å². The van der Waals surface area contributed by atoms with E-state index < -0.39 is 5.60 Å². The molecule has 0 radical (unpaired) electrons. The van der Waals surface area contributed by atoms with Crippen LogP contribution in [0.2, 0.25) is 0 Å². The van der Waals surface area contributed by atoms with Crippen molar-refractivity contribution in [2.75, 3.05) is 0 Å². The van der Waals surface area contributed by atoms with Crippen LogP contribution in [-0.2, 0) is 0 Å². The van der Waals surface area contributed by atoms with Gasteiger partial charge >= 0.3 is 0 Å². The molecule has 0 aromatic carbocycles. The average molecular weight is 387 g/mol. The van der Waals surface area contributed by atoms with Crippen LogP contribution in [0.4, 0.5) is 0 Å². The molecule has 0 saturated heterocycles. The predicted octanol–water partition coefficient (Wildman–Crippen LogP) is 9.13. The molecule has 0 aromatic rings. The minimum atomic E-state index is -0.478. The highest BCUT2D eigenvalue weighted by Crippen LogP contribution is 2.34. The van der Waals surface area contributed by atoms with E-state index in [1.807, 2.05) is 13.8 Å². The molecule has 0 aromatic heterocycles. The van der Waals surface area contributed by atoms with E-state index in [0.717, 1.165) is 30.1 Å². The number of aliphatic hydroxyl groups is 1. The topological polar surface area (TPSA) is 20.2 Å². The first-order chi connectivity index (χ1) is 12.2. The van der Waals surface area contributed by atoms with Crippen LogP contribution in [0.15, 0.2) is 0 Å². The maximum Gasteiger partial charge on any atom is 0.0594 e. The van der Waals surface area contributed by atoms with Crippen molar-refractivity contribution >= 4 is 0 Å². The molecule has 1 fully saturated rings. The molecule has 0 spiro atoms. The van der Waals surface area contributed by atoms with Gasteiger partial charge in [0, 0.05) is 0 Å². The molecule has 168 valence electrons. The van der Waals surface area contributed by atoms with Crippen LogP contribution < -0.4 is 0 Å². The summed E-state index contributed by atoms with van der Waals surface area (Å²) in [6, 6.07) is 0. The second kappa shape index (κ2) is 19.3. The van der Waals surface area contributed by atoms with Crippen molar-refractivity contribution in [3.05, 3.63) is 0 Å². The lowest BCUT2D eigenvalue weighted by Gasteiger charge is -2.18. The van der Waals surface area contributed by atoms with Gasteiger partial charge in [-0.3, -0.25) is 0 Å². The molecule has 1 nitrogen and oxygen atoms in total. The first kappa shape index (κ1) is 31.6. The number of hydrogen-bond acceptors (Lipinski definition) is 1. The second-order valence-electron chi connectivity index (χ2n) is 10.8. The van der Waals surface area contributed by atoms with Crippen molar-refractivity contribution in [1.82, 2.24) is 0 Å². The zero-order chi connectivity index (χ0) is 22.0. The van der Waals surface area contributed by atoms with Crippen molar-refractivity contribution in [3.63, 3.8) is 0 Å². The maximum absolute atomic E-state index is 9.19. The van der Waals surface area contributed by atoms with E-state index in [-0.39, 0.29) is 0 Å². The quantitative estimate of drug-likeness (QED) is 0.441. The maximum atomic E-state index is 9.19. The van der Waals surface area contributed by atoms with E-state index in [2.05, 4.69) is 69.2 Å².